The fraction of sp³-hybridized carbons (Fsp3) is 0.714. The fourth-order valence-corrected chi connectivity index (χ4v) is 1.51. The van der Waals surface area contributed by atoms with Crippen LogP contribution in [0.25, 0.3) is 0 Å². The Labute approximate surface area is 69.7 Å². The Balaban J connectivity index is 3.80. The molecule has 0 spiro atoms. The highest BCUT2D eigenvalue weighted by molar-refractivity contribution is 7.53. The Hall–Kier alpha value is -0.270. The summed E-state index contributed by atoms with van der Waals surface area (Å²) in [6, 6.07) is 0. The molecular weight excluding hydrogens is 157 g/mol. The standard InChI is InChI=1S/C7H16N3P/c1-6(2)9-5-11(8)10-7(3)4/h5,8H2,1-4H3. The van der Waals surface area contributed by atoms with Crippen molar-refractivity contribution in [2.75, 3.05) is 6.29 Å². The SMILES string of the molecule is CC(C)=NCP(N)N=C(C)C. The fourth-order valence-electron chi connectivity index (χ4n) is 0.502. The molecule has 64 valence electrons. The average Bonchev–Trinajstić information content (AvgIpc) is 1.82. The largest absolute Gasteiger partial charge is 0.290 e. The van der Waals surface area contributed by atoms with Crippen LogP contribution in [0.3, 0.4) is 0 Å². The zero-order valence-corrected chi connectivity index (χ0v) is 8.52. The van der Waals surface area contributed by atoms with Crippen molar-refractivity contribution in [1.82, 2.24) is 0 Å². The van der Waals surface area contributed by atoms with Gasteiger partial charge in [-0.25, -0.2) is 0 Å². The second-order valence-corrected chi connectivity index (χ2v) is 4.10. The summed E-state index contributed by atoms with van der Waals surface area (Å²) in [5, 5.41) is 0. The molecule has 0 saturated carbocycles. The first-order valence-corrected chi connectivity index (χ1v) is 5.09. The smallest absolute Gasteiger partial charge is 0.105 e. The average molecular weight is 173 g/mol. The molecule has 0 aliphatic heterocycles. The van der Waals surface area contributed by atoms with Crippen LogP contribution < -0.4 is 5.50 Å². The second-order valence-electron chi connectivity index (χ2n) is 2.73. The van der Waals surface area contributed by atoms with Crippen LogP contribution in [0.5, 0.6) is 0 Å². The minimum atomic E-state index is -0.752. The van der Waals surface area contributed by atoms with E-state index >= 15 is 0 Å². The number of nitrogens with two attached hydrogens (primary N) is 1. The molecule has 0 bridgehead atoms. The molecule has 0 aliphatic rings. The Morgan fingerprint density at radius 3 is 2.09 bits per heavy atom. The first kappa shape index (κ1) is 10.7. The molecule has 1 atom stereocenters. The molecule has 0 amide bonds. The molecule has 0 saturated heterocycles. The van der Waals surface area contributed by atoms with Crippen LogP contribution in [0.2, 0.25) is 0 Å². The number of hydrogen-bond donors (Lipinski definition) is 1. The molecule has 0 aromatic rings. The first-order valence-electron chi connectivity index (χ1n) is 3.54. The minimum absolute atomic E-state index is 0.656. The molecular formula is C7H16N3P. The predicted molar refractivity (Wildman–Crippen MR) is 53.5 cm³/mol. The Kier molecular flexibility index (Phi) is 5.26. The minimum Gasteiger partial charge on any atom is -0.290 e. The molecule has 1 unspecified atom stereocenters. The van der Waals surface area contributed by atoms with Crippen LogP contribution in [-0.4, -0.2) is 17.7 Å². The van der Waals surface area contributed by atoms with E-state index in [0.717, 1.165) is 11.4 Å². The molecule has 0 aromatic heterocycles. The summed E-state index contributed by atoms with van der Waals surface area (Å²) in [6.45, 7) is 7.83. The van der Waals surface area contributed by atoms with Gasteiger partial charge in [-0.3, -0.25) is 15.3 Å². The molecule has 0 aromatic carbocycles. The monoisotopic (exact) mass is 173 g/mol. The third kappa shape index (κ3) is 7.63. The van der Waals surface area contributed by atoms with Crippen molar-refractivity contribution in [1.29, 1.82) is 0 Å². The topological polar surface area (TPSA) is 50.7 Å². The molecule has 4 heteroatoms. The Morgan fingerprint density at radius 1 is 1.18 bits per heavy atom. The highest BCUT2D eigenvalue weighted by atomic mass is 31.1. The molecule has 0 fully saturated rings. The van der Waals surface area contributed by atoms with Crippen molar-refractivity contribution < 1.29 is 0 Å². The lowest BCUT2D eigenvalue weighted by molar-refractivity contribution is 1.31. The van der Waals surface area contributed by atoms with Gasteiger partial charge in [-0.2, -0.15) is 0 Å². The van der Waals surface area contributed by atoms with Crippen molar-refractivity contribution in [3.8, 4) is 0 Å². The van der Waals surface area contributed by atoms with E-state index in [-0.39, 0.29) is 0 Å². The van der Waals surface area contributed by atoms with Crippen LogP contribution in [-0.2, 0) is 0 Å². The number of nitrogens with zero attached hydrogens (tertiary/aromatic N) is 2. The maximum Gasteiger partial charge on any atom is 0.105 e. The summed E-state index contributed by atoms with van der Waals surface area (Å²) in [6.07, 6.45) is 0.656. The van der Waals surface area contributed by atoms with Crippen LogP contribution >= 0.6 is 8.22 Å². The van der Waals surface area contributed by atoms with Crippen LogP contribution in [0.15, 0.2) is 9.76 Å². The Bertz CT molecular complexity index is 167. The van der Waals surface area contributed by atoms with Gasteiger partial charge in [0.15, 0.2) is 0 Å². The lowest BCUT2D eigenvalue weighted by atomic mass is 10.5. The van der Waals surface area contributed by atoms with Gasteiger partial charge in [-0.15, -0.1) is 0 Å². The van der Waals surface area contributed by atoms with Crippen LogP contribution in [0.1, 0.15) is 27.7 Å². The van der Waals surface area contributed by atoms with E-state index in [0.29, 0.717) is 6.29 Å². The van der Waals surface area contributed by atoms with Crippen molar-refractivity contribution in [3.05, 3.63) is 0 Å². The zero-order valence-electron chi connectivity index (χ0n) is 7.63. The van der Waals surface area contributed by atoms with E-state index in [1.54, 1.807) is 0 Å². The first-order chi connectivity index (χ1) is 5.02. The summed E-state index contributed by atoms with van der Waals surface area (Å²) < 4.78 is 4.20. The van der Waals surface area contributed by atoms with E-state index in [4.69, 9.17) is 5.50 Å². The normalized spacial score (nSPS) is 12.1. The van der Waals surface area contributed by atoms with Gasteiger partial charge in [0.1, 0.15) is 8.22 Å². The summed E-state index contributed by atoms with van der Waals surface area (Å²) in [4.78, 5) is 4.19. The lowest BCUT2D eigenvalue weighted by Gasteiger charge is -2.02. The molecule has 0 radical (unpaired) electrons. The third-order valence-corrected chi connectivity index (χ3v) is 1.95. The van der Waals surface area contributed by atoms with Gasteiger partial charge in [0, 0.05) is 11.4 Å². The quantitative estimate of drug-likeness (QED) is 0.516. The van der Waals surface area contributed by atoms with E-state index in [1.807, 2.05) is 27.7 Å². The van der Waals surface area contributed by atoms with Crippen molar-refractivity contribution in [3.63, 3.8) is 0 Å². The molecule has 11 heavy (non-hydrogen) atoms. The highest BCUT2D eigenvalue weighted by Crippen LogP contribution is 2.26. The van der Waals surface area contributed by atoms with Crippen molar-refractivity contribution in [2.45, 2.75) is 27.7 Å². The van der Waals surface area contributed by atoms with E-state index in [2.05, 4.69) is 9.76 Å². The van der Waals surface area contributed by atoms with Crippen molar-refractivity contribution >= 4 is 19.6 Å². The van der Waals surface area contributed by atoms with Gasteiger partial charge >= 0.3 is 0 Å². The van der Waals surface area contributed by atoms with Gasteiger partial charge in [-0.1, -0.05) is 0 Å². The summed E-state index contributed by atoms with van der Waals surface area (Å²) in [7, 11) is -0.752. The highest BCUT2D eigenvalue weighted by Gasteiger charge is 1.95. The van der Waals surface area contributed by atoms with Gasteiger partial charge in [0.2, 0.25) is 0 Å². The lowest BCUT2D eigenvalue weighted by Crippen LogP contribution is -1.93. The summed E-state index contributed by atoms with van der Waals surface area (Å²) in [5.74, 6) is 0. The predicted octanol–water partition coefficient (Wildman–Crippen LogP) is 2.18. The molecule has 0 heterocycles. The van der Waals surface area contributed by atoms with Gasteiger partial charge in [-0.05, 0) is 27.7 Å². The van der Waals surface area contributed by atoms with E-state index < -0.39 is 8.22 Å². The zero-order chi connectivity index (χ0) is 8.85. The maximum absolute atomic E-state index is 5.69. The number of aliphatic imine (C=N–C) groups is 1. The van der Waals surface area contributed by atoms with Gasteiger partial charge in [0.25, 0.3) is 0 Å². The molecule has 2 N–H and O–H groups in total. The number of rotatable bonds is 3. The van der Waals surface area contributed by atoms with Crippen molar-refractivity contribution in [2.24, 2.45) is 15.3 Å². The molecule has 3 nitrogen and oxygen atoms in total. The van der Waals surface area contributed by atoms with Gasteiger partial charge < -0.3 is 0 Å². The molecule has 0 rings (SSSR count). The molecule has 0 aliphatic carbocycles. The van der Waals surface area contributed by atoms with E-state index in [1.165, 1.54) is 0 Å². The Morgan fingerprint density at radius 2 is 1.73 bits per heavy atom. The number of hydrogen-bond acceptors (Lipinski definition) is 3. The van der Waals surface area contributed by atoms with E-state index in [9.17, 15) is 0 Å². The maximum atomic E-state index is 5.69. The van der Waals surface area contributed by atoms with Gasteiger partial charge in [0.05, 0.1) is 6.29 Å². The summed E-state index contributed by atoms with van der Waals surface area (Å²) >= 11 is 0. The second kappa shape index (κ2) is 5.39. The van der Waals surface area contributed by atoms with Crippen LogP contribution in [0.4, 0.5) is 0 Å². The third-order valence-electron chi connectivity index (χ3n) is 0.860. The summed E-state index contributed by atoms with van der Waals surface area (Å²) in [5.41, 5.74) is 7.79. The van der Waals surface area contributed by atoms with Crippen LogP contribution in [0, 0.1) is 0 Å².